The van der Waals surface area contributed by atoms with Gasteiger partial charge in [-0.1, -0.05) is 6.07 Å². The van der Waals surface area contributed by atoms with Crippen LogP contribution in [0.2, 0.25) is 0 Å². The van der Waals surface area contributed by atoms with Crippen molar-refractivity contribution >= 4 is 12.0 Å². The number of amides is 1. The maximum Gasteiger partial charge on any atom is 0.241 e. The number of carbonyl (C=O) groups is 1. The first-order valence-electron chi connectivity index (χ1n) is 3.83. The van der Waals surface area contributed by atoms with Crippen molar-refractivity contribution in [3.05, 3.63) is 41.2 Å². The highest BCUT2D eigenvalue weighted by molar-refractivity contribution is 5.90. The predicted octanol–water partition coefficient (Wildman–Crippen LogP) is 1.63. The number of benzene rings is 1. The molecule has 0 heterocycles. The Balaban J connectivity index is 2.92. The molecule has 0 aliphatic carbocycles. The van der Waals surface area contributed by atoms with E-state index < -0.39 is 5.91 Å². The molecule has 1 aromatic carbocycles. The van der Waals surface area contributed by atoms with Crippen LogP contribution in [0.5, 0.6) is 0 Å². The number of hydrogen-bond donors (Lipinski definition) is 1. The molecule has 0 saturated carbocycles. The fourth-order valence-corrected chi connectivity index (χ4v) is 0.950. The molecule has 0 spiro atoms. The van der Waals surface area contributed by atoms with E-state index in [4.69, 9.17) is 5.73 Å². The molecular weight excluding hydrogens is 169 g/mol. The van der Waals surface area contributed by atoms with Crippen LogP contribution < -0.4 is 5.73 Å². The van der Waals surface area contributed by atoms with Crippen molar-refractivity contribution in [1.82, 2.24) is 0 Å². The summed E-state index contributed by atoms with van der Waals surface area (Å²) in [5.74, 6) is -0.766. The highest BCUT2D eigenvalue weighted by Gasteiger charge is 1.95. The quantitative estimate of drug-likeness (QED) is 0.689. The predicted molar refractivity (Wildman–Crippen MR) is 49.4 cm³/mol. The molecule has 0 unspecified atom stereocenters. The lowest BCUT2D eigenvalue weighted by Gasteiger charge is -1.97. The second-order valence-corrected chi connectivity index (χ2v) is 2.74. The van der Waals surface area contributed by atoms with E-state index in [2.05, 4.69) is 0 Å². The summed E-state index contributed by atoms with van der Waals surface area (Å²) in [5.41, 5.74) is 6.22. The van der Waals surface area contributed by atoms with Crippen LogP contribution in [0.15, 0.2) is 24.3 Å². The summed E-state index contributed by atoms with van der Waals surface area (Å²) in [6.45, 7) is 1.66. The van der Waals surface area contributed by atoms with E-state index in [1.807, 2.05) is 0 Å². The van der Waals surface area contributed by atoms with Crippen LogP contribution in [0, 0.1) is 12.7 Å². The molecule has 2 N–H and O–H groups in total. The van der Waals surface area contributed by atoms with Gasteiger partial charge >= 0.3 is 0 Å². The van der Waals surface area contributed by atoms with Gasteiger partial charge in [0.2, 0.25) is 5.91 Å². The minimum absolute atomic E-state index is 0.253. The van der Waals surface area contributed by atoms with Crippen LogP contribution in [-0.4, -0.2) is 5.91 Å². The fourth-order valence-electron chi connectivity index (χ4n) is 0.950. The van der Waals surface area contributed by atoms with Gasteiger partial charge in [0, 0.05) is 6.08 Å². The number of hydrogen-bond acceptors (Lipinski definition) is 1. The van der Waals surface area contributed by atoms with Crippen molar-refractivity contribution in [3.63, 3.8) is 0 Å². The Labute approximate surface area is 75.9 Å². The summed E-state index contributed by atoms with van der Waals surface area (Å²) >= 11 is 0. The Hall–Kier alpha value is -1.64. The standard InChI is InChI=1S/C10H10FNO/c1-7-6-8(2-4-9(7)11)3-5-10(12)13/h2-6H,1H3,(H2,12,13)/b5-3-. The van der Waals surface area contributed by atoms with Gasteiger partial charge in [-0.15, -0.1) is 0 Å². The molecule has 1 aromatic rings. The second kappa shape index (κ2) is 3.85. The van der Waals surface area contributed by atoms with E-state index in [-0.39, 0.29) is 5.82 Å². The van der Waals surface area contributed by atoms with Crippen molar-refractivity contribution in [2.75, 3.05) is 0 Å². The van der Waals surface area contributed by atoms with Gasteiger partial charge in [-0.25, -0.2) is 4.39 Å². The molecule has 68 valence electrons. The van der Waals surface area contributed by atoms with Crippen molar-refractivity contribution in [3.8, 4) is 0 Å². The van der Waals surface area contributed by atoms with E-state index in [1.165, 1.54) is 12.1 Å². The molecule has 3 heteroatoms. The number of carbonyl (C=O) groups excluding carboxylic acids is 1. The molecule has 1 rings (SSSR count). The summed E-state index contributed by atoms with van der Waals surface area (Å²) in [7, 11) is 0. The lowest BCUT2D eigenvalue weighted by atomic mass is 10.1. The van der Waals surface area contributed by atoms with Gasteiger partial charge in [-0.2, -0.15) is 0 Å². The van der Waals surface area contributed by atoms with Crippen LogP contribution in [0.4, 0.5) is 4.39 Å². The molecule has 0 bridgehead atoms. The van der Waals surface area contributed by atoms with Crippen LogP contribution in [0.3, 0.4) is 0 Å². The number of rotatable bonds is 2. The van der Waals surface area contributed by atoms with Crippen LogP contribution >= 0.6 is 0 Å². The lowest BCUT2D eigenvalue weighted by Crippen LogP contribution is -2.05. The molecular formula is C10H10FNO. The normalized spacial score (nSPS) is 10.6. The molecule has 0 radical (unpaired) electrons. The largest absolute Gasteiger partial charge is 0.366 e. The van der Waals surface area contributed by atoms with Crippen molar-refractivity contribution < 1.29 is 9.18 Å². The topological polar surface area (TPSA) is 43.1 Å². The summed E-state index contributed by atoms with van der Waals surface area (Å²) < 4.78 is 12.8. The van der Waals surface area contributed by atoms with E-state index in [0.717, 1.165) is 5.56 Å². The number of primary amides is 1. The van der Waals surface area contributed by atoms with Crippen LogP contribution in [-0.2, 0) is 4.79 Å². The SMILES string of the molecule is Cc1cc(/C=C\C(N)=O)ccc1F. The zero-order valence-corrected chi connectivity index (χ0v) is 7.25. The highest BCUT2D eigenvalue weighted by Crippen LogP contribution is 2.10. The van der Waals surface area contributed by atoms with Gasteiger partial charge in [0.15, 0.2) is 0 Å². The minimum atomic E-state index is -0.512. The summed E-state index contributed by atoms with van der Waals surface area (Å²) in [4.78, 5) is 10.4. The molecule has 13 heavy (non-hydrogen) atoms. The Morgan fingerprint density at radius 2 is 2.23 bits per heavy atom. The molecule has 2 nitrogen and oxygen atoms in total. The van der Waals surface area contributed by atoms with E-state index in [1.54, 1.807) is 25.1 Å². The maximum atomic E-state index is 12.8. The molecule has 0 aliphatic heterocycles. The number of nitrogens with two attached hydrogens (primary N) is 1. The third-order valence-electron chi connectivity index (χ3n) is 1.62. The van der Waals surface area contributed by atoms with Gasteiger partial charge in [0.1, 0.15) is 5.82 Å². The second-order valence-electron chi connectivity index (χ2n) is 2.74. The fraction of sp³-hybridized carbons (Fsp3) is 0.100. The average Bonchev–Trinajstić information content (AvgIpc) is 2.07. The monoisotopic (exact) mass is 179 g/mol. The Morgan fingerprint density at radius 1 is 1.54 bits per heavy atom. The smallest absolute Gasteiger partial charge is 0.241 e. The molecule has 0 aromatic heterocycles. The van der Waals surface area contributed by atoms with Gasteiger partial charge in [-0.3, -0.25) is 4.79 Å². The van der Waals surface area contributed by atoms with Crippen molar-refractivity contribution in [2.24, 2.45) is 5.73 Å². The number of halogens is 1. The number of aryl methyl sites for hydroxylation is 1. The van der Waals surface area contributed by atoms with Crippen LogP contribution in [0.25, 0.3) is 6.08 Å². The lowest BCUT2D eigenvalue weighted by molar-refractivity contribution is -0.113. The first-order chi connectivity index (χ1) is 6.09. The summed E-state index contributed by atoms with van der Waals surface area (Å²) in [6, 6.07) is 4.59. The molecule has 0 aliphatic rings. The van der Waals surface area contributed by atoms with E-state index in [0.29, 0.717) is 5.56 Å². The highest BCUT2D eigenvalue weighted by atomic mass is 19.1. The zero-order chi connectivity index (χ0) is 9.84. The van der Waals surface area contributed by atoms with E-state index >= 15 is 0 Å². The maximum absolute atomic E-state index is 12.8. The third-order valence-corrected chi connectivity index (χ3v) is 1.62. The minimum Gasteiger partial charge on any atom is -0.366 e. The van der Waals surface area contributed by atoms with Gasteiger partial charge < -0.3 is 5.73 Å². The molecule has 0 atom stereocenters. The van der Waals surface area contributed by atoms with Crippen molar-refractivity contribution in [1.29, 1.82) is 0 Å². The average molecular weight is 179 g/mol. The first-order valence-corrected chi connectivity index (χ1v) is 3.83. The van der Waals surface area contributed by atoms with Crippen LogP contribution in [0.1, 0.15) is 11.1 Å². The third kappa shape index (κ3) is 2.71. The van der Waals surface area contributed by atoms with Gasteiger partial charge in [-0.05, 0) is 36.3 Å². The molecule has 0 saturated heterocycles. The van der Waals surface area contributed by atoms with Crippen molar-refractivity contribution in [2.45, 2.75) is 6.92 Å². The Bertz CT molecular complexity index is 358. The van der Waals surface area contributed by atoms with Gasteiger partial charge in [0.05, 0.1) is 0 Å². The van der Waals surface area contributed by atoms with Gasteiger partial charge in [0.25, 0.3) is 0 Å². The Kier molecular flexibility index (Phi) is 2.80. The first kappa shape index (κ1) is 9.45. The Morgan fingerprint density at radius 3 is 2.77 bits per heavy atom. The zero-order valence-electron chi connectivity index (χ0n) is 7.25. The molecule has 0 fully saturated rings. The summed E-state index contributed by atoms with van der Waals surface area (Å²) in [5, 5.41) is 0. The summed E-state index contributed by atoms with van der Waals surface area (Å²) in [6.07, 6.45) is 2.79. The van der Waals surface area contributed by atoms with E-state index in [9.17, 15) is 9.18 Å². The molecule has 1 amide bonds.